The second-order valence-electron chi connectivity index (χ2n) is 7.05. The molecule has 1 aliphatic heterocycles. The summed E-state index contributed by atoms with van der Waals surface area (Å²) in [5.41, 5.74) is 1.52. The molecule has 1 N–H and O–H groups in total. The molecule has 0 bridgehead atoms. The van der Waals surface area contributed by atoms with Crippen molar-refractivity contribution in [3.63, 3.8) is 0 Å². The molecule has 8 nitrogen and oxygen atoms in total. The fourth-order valence-electron chi connectivity index (χ4n) is 3.49. The van der Waals surface area contributed by atoms with E-state index in [1.807, 2.05) is 44.2 Å². The van der Waals surface area contributed by atoms with Gasteiger partial charge in [-0.05, 0) is 51.1 Å². The Bertz CT molecular complexity index is 791. The first kappa shape index (κ1) is 20.9. The molecule has 1 fully saturated rings. The molecule has 29 heavy (non-hydrogen) atoms. The smallest absolute Gasteiger partial charge is 0.411 e. The average molecular weight is 399 g/mol. The third kappa shape index (κ3) is 5.57. The summed E-state index contributed by atoms with van der Waals surface area (Å²) in [5, 5.41) is 18.1. The van der Waals surface area contributed by atoms with E-state index in [9.17, 15) is 9.90 Å². The lowest BCUT2D eigenvalue weighted by atomic mass is 10.2. The van der Waals surface area contributed by atoms with Crippen LogP contribution in [0.15, 0.2) is 36.4 Å². The molecular weight excluding hydrogens is 370 g/mol. The zero-order valence-electron chi connectivity index (χ0n) is 17.1. The normalized spacial score (nSPS) is 14.6. The van der Waals surface area contributed by atoms with E-state index >= 15 is 0 Å². The van der Waals surface area contributed by atoms with Gasteiger partial charge in [-0.1, -0.05) is 12.1 Å². The Morgan fingerprint density at radius 1 is 1.14 bits per heavy atom. The van der Waals surface area contributed by atoms with Crippen LogP contribution in [0.4, 0.5) is 16.3 Å². The van der Waals surface area contributed by atoms with Crippen molar-refractivity contribution >= 4 is 17.6 Å². The number of hydrogen-bond donors (Lipinski definition) is 1. The van der Waals surface area contributed by atoms with Crippen molar-refractivity contribution in [2.75, 3.05) is 55.7 Å². The molecule has 0 spiro atoms. The number of aryl methyl sites for hydroxylation is 1. The van der Waals surface area contributed by atoms with E-state index in [1.54, 1.807) is 6.07 Å². The van der Waals surface area contributed by atoms with Crippen molar-refractivity contribution in [1.29, 1.82) is 0 Å². The molecule has 0 saturated carbocycles. The predicted octanol–water partition coefficient (Wildman–Crippen LogP) is 2.88. The molecule has 156 valence electrons. The van der Waals surface area contributed by atoms with Gasteiger partial charge < -0.3 is 14.7 Å². The number of nitrogens with zero attached hydrogens (tertiary/aromatic N) is 5. The van der Waals surface area contributed by atoms with Crippen LogP contribution < -0.4 is 14.5 Å². The zero-order chi connectivity index (χ0) is 20.6. The number of para-hydroxylation sites is 2. The fraction of sp³-hybridized carbons (Fsp3) is 0.476. The van der Waals surface area contributed by atoms with Crippen molar-refractivity contribution in [2.45, 2.75) is 20.3 Å². The number of piperazine rings is 1. The standard InChI is InChI=1S/C21H29N5O3/c1-3-29-19-8-5-4-7-18(19)26(21(27)28)12-6-11-24-13-15-25(16-14-24)20-10-9-17(2)22-23-20/h4-5,7-10H,3,6,11-16H2,1-2H3,(H,27,28). The summed E-state index contributed by atoms with van der Waals surface area (Å²) in [7, 11) is 0. The molecule has 0 radical (unpaired) electrons. The number of anilines is 2. The predicted molar refractivity (Wildman–Crippen MR) is 113 cm³/mol. The van der Waals surface area contributed by atoms with Crippen LogP contribution in [0.3, 0.4) is 0 Å². The topological polar surface area (TPSA) is 82.0 Å². The first-order valence-corrected chi connectivity index (χ1v) is 10.1. The van der Waals surface area contributed by atoms with Gasteiger partial charge in [-0.15, -0.1) is 5.10 Å². The van der Waals surface area contributed by atoms with Gasteiger partial charge in [0.05, 0.1) is 18.0 Å². The molecule has 0 atom stereocenters. The van der Waals surface area contributed by atoms with Gasteiger partial charge in [0.15, 0.2) is 5.82 Å². The van der Waals surface area contributed by atoms with Crippen LogP contribution in [-0.2, 0) is 0 Å². The molecule has 1 aromatic carbocycles. The highest BCUT2D eigenvalue weighted by atomic mass is 16.5. The third-order valence-corrected chi connectivity index (χ3v) is 5.02. The molecule has 1 amide bonds. The highest BCUT2D eigenvalue weighted by molar-refractivity contribution is 5.88. The zero-order valence-corrected chi connectivity index (χ0v) is 17.1. The molecule has 0 aliphatic carbocycles. The summed E-state index contributed by atoms with van der Waals surface area (Å²) in [4.78, 5) is 17.8. The first-order chi connectivity index (χ1) is 14.1. The monoisotopic (exact) mass is 399 g/mol. The minimum atomic E-state index is -0.958. The number of amides is 1. The maximum atomic E-state index is 11.8. The first-order valence-electron chi connectivity index (χ1n) is 10.1. The SMILES string of the molecule is CCOc1ccccc1N(CCCN1CCN(c2ccc(C)nn2)CC1)C(=O)O. The molecule has 2 aromatic rings. The minimum absolute atomic E-state index is 0.434. The van der Waals surface area contributed by atoms with Gasteiger partial charge in [-0.25, -0.2) is 4.79 Å². The third-order valence-electron chi connectivity index (χ3n) is 5.02. The van der Waals surface area contributed by atoms with Gasteiger partial charge in [0.2, 0.25) is 0 Å². The van der Waals surface area contributed by atoms with Crippen molar-refractivity contribution in [3.05, 3.63) is 42.1 Å². The van der Waals surface area contributed by atoms with E-state index in [4.69, 9.17) is 4.74 Å². The van der Waals surface area contributed by atoms with Gasteiger partial charge in [-0.2, -0.15) is 5.10 Å². The maximum absolute atomic E-state index is 11.8. The largest absolute Gasteiger partial charge is 0.492 e. The fourth-order valence-corrected chi connectivity index (χ4v) is 3.49. The van der Waals surface area contributed by atoms with Gasteiger partial charge in [0.25, 0.3) is 0 Å². The highest BCUT2D eigenvalue weighted by Gasteiger charge is 2.21. The van der Waals surface area contributed by atoms with Crippen molar-refractivity contribution in [3.8, 4) is 5.75 Å². The highest BCUT2D eigenvalue weighted by Crippen LogP contribution is 2.28. The van der Waals surface area contributed by atoms with Crippen LogP contribution in [0.1, 0.15) is 19.0 Å². The van der Waals surface area contributed by atoms with Gasteiger partial charge >= 0.3 is 6.09 Å². The average Bonchev–Trinajstić information content (AvgIpc) is 2.73. The molecule has 1 aliphatic rings. The number of hydrogen-bond acceptors (Lipinski definition) is 6. The Kier molecular flexibility index (Phi) is 7.24. The quantitative estimate of drug-likeness (QED) is 0.731. The molecular formula is C21H29N5O3. The lowest BCUT2D eigenvalue weighted by molar-refractivity contribution is 0.200. The van der Waals surface area contributed by atoms with E-state index in [2.05, 4.69) is 20.0 Å². The summed E-state index contributed by atoms with van der Waals surface area (Å²) in [6.45, 7) is 9.26. The van der Waals surface area contributed by atoms with E-state index in [-0.39, 0.29) is 0 Å². The van der Waals surface area contributed by atoms with E-state index in [0.717, 1.165) is 50.7 Å². The molecule has 3 rings (SSSR count). The van der Waals surface area contributed by atoms with Crippen molar-refractivity contribution in [1.82, 2.24) is 15.1 Å². The maximum Gasteiger partial charge on any atom is 0.411 e. The number of carboxylic acid groups (broad SMARTS) is 1. The van der Waals surface area contributed by atoms with Crippen LogP contribution >= 0.6 is 0 Å². The summed E-state index contributed by atoms with van der Waals surface area (Å²) in [6, 6.07) is 11.3. The second kappa shape index (κ2) is 10.1. The summed E-state index contributed by atoms with van der Waals surface area (Å²) in [6.07, 6.45) is -0.197. The van der Waals surface area contributed by atoms with Crippen LogP contribution in [0.5, 0.6) is 5.75 Å². The van der Waals surface area contributed by atoms with E-state index in [0.29, 0.717) is 24.6 Å². The lowest BCUT2D eigenvalue weighted by Gasteiger charge is -2.35. The molecule has 1 aromatic heterocycles. The Balaban J connectivity index is 1.50. The minimum Gasteiger partial charge on any atom is -0.492 e. The summed E-state index contributed by atoms with van der Waals surface area (Å²) >= 11 is 0. The number of ether oxygens (including phenoxy) is 1. The van der Waals surface area contributed by atoms with E-state index < -0.39 is 6.09 Å². The Hall–Kier alpha value is -2.87. The number of carbonyl (C=O) groups is 1. The number of aromatic nitrogens is 2. The Labute approximate surface area is 171 Å². The van der Waals surface area contributed by atoms with Crippen molar-refractivity contribution in [2.24, 2.45) is 0 Å². The Morgan fingerprint density at radius 3 is 2.55 bits per heavy atom. The van der Waals surface area contributed by atoms with Gasteiger partial charge in [0, 0.05) is 32.7 Å². The van der Waals surface area contributed by atoms with Crippen LogP contribution in [0.25, 0.3) is 0 Å². The molecule has 1 saturated heterocycles. The second-order valence-corrected chi connectivity index (χ2v) is 7.05. The number of rotatable bonds is 8. The lowest BCUT2D eigenvalue weighted by Crippen LogP contribution is -2.47. The van der Waals surface area contributed by atoms with Gasteiger partial charge in [-0.3, -0.25) is 9.80 Å². The Morgan fingerprint density at radius 2 is 1.90 bits per heavy atom. The molecule has 0 unspecified atom stereocenters. The summed E-state index contributed by atoms with van der Waals surface area (Å²) in [5.74, 6) is 1.52. The van der Waals surface area contributed by atoms with Gasteiger partial charge in [0.1, 0.15) is 5.75 Å². The molecule has 8 heteroatoms. The van der Waals surface area contributed by atoms with Crippen LogP contribution in [0, 0.1) is 6.92 Å². The summed E-state index contributed by atoms with van der Waals surface area (Å²) < 4.78 is 5.59. The number of benzene rings is 1. The van der Waals surface area contributed by atoms with Crippen LogP contribution in [0.2, 0.25) is 0 Å². The van der Waals surface area contributed by atoms with E-state index in [1.165, 1.54) is 4.90 Å². The van der Waals surface area contributed by atoms with Crippen molar-refractivity contribution < 1.29 is 14.6 Å². The molecule has 2 heterocycles. The van der Waals surface area contributed by atoms with Crippen LogP contribution in [-0.4, -0.2) is 72.2 Å².